The van der Waals surface area contributed by atoms with Crippen LogP contribution in [-0.2, 0) is 14.8 Å². The number of halogens is 1. The van der Waals surface area contributed by atoms with Crippen molar-refractivity contribution in [3.63, 3.8) is 0 Å². The molecule has 0 aliphatic carbocycles. The van der Waals surface area contributed by atoms with Gasteiger partial charge in [-0.2, -0.15) is 0 Å². The first-order valence-electron chi connectivity index (χ1n) is 6.76. The van der Waals surface area contributed by atoms with Crippen molar-refractivity contribution in [3.8, 4) is 0 Å². The van der Waals surface area contributed by atoms with Crippen LogP contribution in [0, 0.1) is 3.57 Å². The quantitative estimate of drug-likeness (QED) is 0.684. The van der Waals surface area contributed by atoms with Crippen LogP contribution < -0.4 is 9.62 Å². The molecule has 21 heavy (non-hydrogen) atoms. The Kier molecular flexibility index (Phi) is 6.92. The van der Waals surface area contributed by atoms with Gasteiger partial charge in [0.2, 0.25) is 15.9 Å². The molecule has 7 heteroatoms. The van der Waals surface area contributed by atoms with Crippen molar-refractivity contribution in [1.29, 1.82) is 0 Å². The van der Waals surface area contributed by atoms with E-state index in [4.69, 9.17) is 0 Å². The van der Waals surface area contributed by atoms with Gasteiger partial charge in [0, 0.05) is 9.61 Å². The van der Waals surface area contributed by atoms with Crippen molar-refractivity contribution in [2.45, 2.75) is 32.7 Å². The van der Waals surface area contributed by atoms with Gasteiger partial charge in [0.05, 0.1) is 11.9 Å². The summed E-state index contributed by atoms with van der Waals surface area (Å²) in [7, 11) is -3.50. The molecule has 1 rings (SSSR count). The Bertz CT molecular complexity index is 572. The monoisotopic (exact) mass is 424 g/mol. The molecular weight excluding hydrogens is 403 g/mol. The van der Waals surface area contributed by atoms with Crippen molar-refractivity contribution < 1.29 is 13.2 Å². The predicted octanol–water partition coefficient (Wildman–Crippen LogP) is 2.36. The third-order valence-corrected chi connectivity index (χ3v) is 4.79. The lowest BCUT2D eigenvalue weighted by atomic mass is 10.2. The molecule has 1 aromatic rings. The van der Waals surface area contributed by atoms with Gasteiger partial charge in [-0.05, 0) is 60.2 Å². The molecular formula is C14H21IN2O3S. The number of nitrogens with one attached hydrogen (secondary N) is 1. The van der Waals surface area contributed by atoms with Gasteiger partial charge >= 0.3 is 0 Å². The number of amides is 1. The van der Waals surface area contributed by atoms with Gasteiger partial charge in [0.15, 0.2) is 0 Å². The largest absolute Gasteiger partial charge is 0.352 e. The molecule has 0 bridgehead atoms. The minimum atomic E-state index is -3.50. The van der Waals surface area contributed by atoms with E-state index in [-0.39, 0.29) is 18.5 Å². The zero-order valence-electron chi connectivity index (χ0n) is 12.5. The number of hydrogen-bond acceptors (Lipinski definition) is 3. The molecule has 1 amide bonds. The molecule has 0 aromatic heterocycles. The second-order valence-corrected chi connectivity index (χ2v) is 8.16. The average Bonchev–Trinajstić information content (AvgIpc) is 2.36. The van der Waals surface area contributed by atoms with Crippen LogP contribution in [0.2, 0.25) is 0 Å². The maximum Gasteiger partial charge on any atom is 0.240 e. The van der Waals surface area contributed by atoms with E-state index >= 15 is 0 Å². The third kappa shape index (κ3) is 6.21. The highest BCUT2D eigenvalue weighted by molar-refractivity contribution is 14.1. The van der Waals surface area contributed by atoms with Gasteiger partial charge in [-0.25, -0.2) is 8.42 Å². The number of carbonyl (C=O) groups excluding carboxylic acids is 1. The van der Waals surface area contributed by atoms with E-state index in [9.17, 15) is 13.2 Å². The van der Waals surface area contributed by atoms with E-state index < -0.39 is 10.0 Å². The second-order valence-electron chi connectivity index (χ2n) is 5.00. The standard InChI is InChI=1S/C14H21IN2O3S/c1-4-5-11(2)16-14(18)10-17(21(3,19)20)13-8-6-12(15)7-9-13/h6-9,11H,4-5,10H2,1-3H3,(H,16,18)/t11-/m1/s1. The van der Waals surface area contributed by atoms with Crippen LogP contribution in [0.25, 0.3) is 0 Å². The van der Waals surface area contributed by atoms with Gasteiger partial charge in [-0.15, -0.1) is 0 Å². The molecule has 0 unspecified atom stereocenters. The van der Waals surface area contributed by atoms with E-state index in [1.807, 2.05) is 26.0 Å². The molecule has 1 aromatic carbocycles. The molecule has 1 N–H and O–H groups in total. The van der Waals surface area contributed by atoms with Gasteiger partial charge in [0.1, 0.15) is 6.54 Å². The molecule has 0 heterocycles. The summed E-state index contributed by atoms with van der Waals surface area (Å²) in [5, 5.41) is 2.82. The zero-order valence-corrected chi connectivity index (χ0v) is 15.4. The van der Waals surface area contributed by atoms with Crippen LogP contribution in [0.1, 0.15) is 26.7 Å². The molecule has 0 aliphatic heterocycles. The van der Waals surface area contributed by atoms with Crippen LogP contribution >= 0.6 is 22.6 Å². The Hall–Kier alpha value is -0.830. The van der Waals surface area contributed by atoms with E-state index in [1.54, 1.807) is 12.1 Å². The fraction of sp³-hybridized carbons (Fsp3) is 0.500. The Morgan fingerprint density at radius 3 is 2.38 bits per heavy atom. The Morgan fingerprint density at radius 2 is 1.90 bits per heavy atom. The van der Waals surface area contributed by atoms with Crippen LogP contribution in [0.4, 0.5) is 5.69 Å². The number of benzene rings is 1. The third-order valence-electron chi connectivity index (χ3n) is 2.93. The fourth-order valence-electron chi connectivity index (χ4n) is 1.96. The van der Waals surface area contributed by atoms with Gasteiger partial charge in [-0.3, -0.25) is 9.10 Å². The lowest BCUT2D eigenvalue weighted by Crippen LogP contribution is -2.43. The number of sulfonamides is 1. The Balaban J connectivity index is 2.86. The number of nitrogens with zero attached hydrogens (tertiary/aromatic N) is 1. The molecule has 118 valence electrons. The molecule has 5 nitrogen and oxygen atoms in total. The number of hydrogen-bond donors (Lipinski definition) is 1. The summed E-state index contributed by atoms with van der Waals surface area (Å²) in [5.41, 5.74) is 0.496. The minimum Gasteiger partial charge on any atom is -0.352 e. The van der Waals surface area contributed by atoms with Crippen molar-refractivity contribution in [3.05, 3.63) is 27.8 Å². The van der Waals surface area contributed by atoms with Gasteiger partial charge in [0.25, 0.3) is 0 Å². The van der Waals surface area contributed by atoms with Crippen LogP contribution in [-0.4, -0.2) is 33.2 Å². The number of carbonyl (C=O) groups is 1. The summed E-state index contributed by atoms with van der Waals surface area (Å²) in [4.78, 5) is 12.0. The van der Waals surface area contributed by atoms with Crippen LogP contribution in [0.3, 0.4) is 0 Å². The maximum atomic E-state index is 12.0. The lowest BCUT2D eigenvalue weighted by molar-refractivity contribution is -0.120. The van der Waals surface area contributed by atoms with Crippen LogP contribution in [0.15, 0.2) is 24.3 Å². The zero-order chi connectivity index (χ0) is 16.0. The van der Waals surface area contributed by atoms with Crippen molar-refractivity contribution in [2.24, 2.45) is 0 Å². The first kappa shape index (κ1) is 18.2. The van der Waals surface area contributed by atoms with Crippen molar-refractivity contribution >= 4 is 44.2 Å². The first-order valence-corrected chi connectivity index (χ1v) is 9.69. The summed E-state index contributed by atoms with van der Waals surface area (Å²) in [6, 6.07) is 7.06. The number of anilines is 1. The summed E-state index contributed by atoms with van der Waals surface area (Å²) in [6.07, 6.45) is 2.94. The molecule has 0 radical (unpaired) electrons. The molecule has 0 saturated carbocycles. The van der Waals surface area contributed by atoms with Gasteiger partial charge < -0.3 is 5.32 Å². The minimum absolute atomic E-state index is 0.0423. The maximum absolute atomic E-state index is 12.0. The van der Waals surface area contributed by atoms with Crippen molar-refractivity contribution in [1.82, 2.24) is 5.32 Å². The Morgan fingerprint density at radius 1 is 1.33 bits per heavy atom. The highest BCUT2D eigenvalue weighted by atomic mass is 127. The Labute approximate surface area is 140 Å². The first-order chi connectivity index (χ1) is 9.74. The highest BCUT2D eigenvalue weighted by Crippen LogP contribution is 2.18. The molecule has 0 spiro atoms. The summed E-state index contributed by atoms with van der Waals surface area (Å²) < 4.78 is 25.9. The van der Waals surface area contributed by atoms with E-state index in [2.05, 4.69) is 27.9 Å². The normalized spacial score (nSPS) is 12.8. The molecule has 1 atom stereocenters. The van der Waals surface area contributed by atoms with E-state index in [0.29, 0.717) is 5.69 Å². The molecule has 0 fully saturated rings. The second kappa shape index (κ2) is 7.98. The smallest absolute Gasteiger partial charge is 0.240 e. The summed E-state index contributed by atoms with van der Waals surface area (Å²) in [6.45, 7) is 3.75. The SMILES string of the molecule is CCC[C@@H](C)NC(=O)CN(c1ccc(I)cc1)S(C)(=O)=O. The van der Waals surface area contributed by atoms with E-state index in [1.165, 1.54) is 0 Å². The molecule has 0 saturated heterocycles. The molecule has 0 aliphatic rings. The summed E-state index contributed by atoms with van der Waals surface area (Å²) >= 11 is 2.14. The predicted molar refractivity (Wildman–Crippen MR) is 93.9 cm³/mol. The highest BCUT2D eigenvalue weighted by Gasteiger charge is 2.21. The average molecular weight is 424 g/mol. The van der Waals surface area contributed by atoms with Crippen molar-refractivity contribution in [2.75, 3.05) is 17.1 Å². The summed E-state index contributed by atoms with van der Waals surface area (Å²) in [5.74, 6) is -0.292. The fourth-order valence-corrected chi connectivity index (χ4v) is 3.18. The lowest BCUT2D eigenvalue weighted by Gasteiger charge is -2.23. The number of rotatable bonds is 7. The topological polar surface area (TPSA) is 66.5 Å². The van der Waals surface area contributed by atoms with Gasteiger partial charge in [-0.1, -0.05) is 13.3 Å². The van der Waals surface area contributed by atoms with Crippen LogP contribution in [0.5, 0.6) is 0 Å². The van der Waals surface area contributed by atoms with E-state index in [0.717, 1.165) is 27.0 Å².